The fraction of sp³-hybridized carbons (Fsp3) is 0.286. The molecule has 0 saturated carbocycles. The van der Waals surface area contributed by atoms with E-state index in [-0.39, 0.29) is 17.6 Å². The summed E-state index contributed by atoms with van der Waals surface area (Å²) in [5.41, 5.74) is 0.364. The maximum absolute atomic E-state index is 13.9. The highest BCUT2D eigenvalue weighted by Gasteiger charge is 2.15. The third-order valence-corrected chi connectivity index (χ3v) is 3.30. The Hall–Kier alpha value is -1.69. The number of esters is 1. The van der Waals surface area contributed by atoms with Gasteiger partial charge in [-0.05, 0) is 31.0 Å². The zero-order valence-electron chi connectivity index (χ0n) is 10.8. The molecule has 0 aliphatic rings. The minimum Gasteiger partial charge on any atom is -0.462 e. The minimum atomic E-state index is -0.708. The molecule has 0 unspecified atom stereocenters. The fourth-order valence-electron chi connectivity index (χ4n) is 1.94. The molecule has 0 fully saturated rings. The Kier molecular flexibility index (Phi) is 4.54. The SMILES string of the molecule is CCOC(=O)c1c[nH]c2cc(CCBr)c(F)cc2c1=O. The molecular weight excluding hydrogens is 329 g/mol. The molecule has 1 aromatic heterocycles. The van der Waals surface area contributed by atoms with Crippen molar-refractivity contribution in [3.8, 4) is 0 Å². The Bertz CT molecular complexity index is 711. The van der Waals surface area contributed by atoms with Crippen molar-refractivity contribution in [2.75, 3.05) is 11.9 Å². The van der Waals surface area contributed by atoms with Crippen LogP contribution in [0.25, 0.3) is 10.9 Å². The van der Waals surface area contributed by atoms with Gasteiger partial charge in [-0.25, -0.2) is 9.18 Å². The van der Waals surface area contributed by atoms with Crippen LogP contribution < -0.4 is 5.43 Å². The number of hydrogen-bond donors (Lipinski definition) is 1. The molecule has 0 aliphatic heterocycles. The van der Waals surface area contributed by atoms with Crippen LogP contribution in [0.2, 0.25) is 0 Å². The lowest BCUT2D eigenvalue weighted by Gasteiger charge is -2.06. The lowest BCUT2D eigenvalue weighted by molar-refractivity contribution is 0.0524. The van der Waals surface area contributed by atoms with Crippen molar-refractivity contribution in [1.82, 2.24) is 4.98 Å². The summed E-state index contributed by atoms with van der Waals surface area (Å²) < 4.78 is 18.7. The lowest BCUT2D eigenvalue weighted by Crippen LogP contribution is -2.18. The predicted octanol–water partition coefficient (Wildman–Crippen LogP) is 2.78. The van der Waals surface area contributed by atoms with Crippen LogP contribution in [0, 0.1) is 5.82 Å². The molecule has 106 valence electrons. The van der Waals surface area contributed by atoms with Crippen LogP contribution in [-0.2, 0) is 11.2 Å². The van der Waals surface area contributed by atoms with Gasteiger partial charge in [0, 0.05) is 22.4 Å². The van der Waals surface area contributed by atoms with Crippen LogP contribution in [0.15, 0.2) is 23.1 Å². The monoisotopic (exact) mass is 341 g/mol. The number of fused-ring (bicyclic) bond motifs is 1. The Labute approximate surface area is 123 Å². The lowest BCUT2D eigenvalue weighted by atomic mass is 10.1. The largest absolute Gasteiger partial charge is 0.462 e. The summed E-state index contributed by atoms with van der Waals surface area (Å²) in [5, 5.41) is 0.770. The summed E-state index contributed by atoms with van der Waals surface area (Å²) in [4.78, 5) is 26.6. The van der Waals surface area contributed by atoms with Crippen molar-refractivity contribution in [3.63, 3.8) is 0 Å². The molecule has 1 heterocycles. The molecule has 0 bridgehead atoms. The van der Waals surface area contributed by atoms with Crippen molar-refractivity contribution >= 4 is 32.8 Å². The number of hydrogen-bond acceptors (Lipinski definition) is 3. The third-order valence-electron chi connectivity index (χ3n) is 2.91. The van der Waals surface area contributed by atoms with Crippen LogP contribution in [0.3, 0.4) is 0 Å². The average Bonchev–Trinajstić information content (AvgIpc) is 2.41. The third kappa shape index (κ3) is 2.75. The summed E-state index contributed by atoms with van der Waals surface area (Å²) in [6.45, 7) is 1.83. The molecule has 0 radical (unpaired) electrons. The molecule has 0 amide bonds. The molecule has 6 heteroatoms. The topological polar surface area (TPSA) is 59.2 Å². The second-order valence-corrected chi connectivity index (χ2v) is 4.97. The normalized spacial score (nSPS) is 10.8. The Morgan fingerprint density at radius 2 is 2.20 bits per heavy atom. The fourth-order valence-corrected chi connectivity index (χ4v) is 2.37. The van der Waals surface area contributed by atoms with Gasteiger partial charge in [-0.2, -0.15) is 0 Å². The van der Waals surface area contributed by atoms with E-state index in [1.807, 2.05) is 0 Å². The summed E-state index contributed by atoms with van der Waals surface area (Å²) >= 11 is 3.25. The number of H-pyrrole nitrogens is 1. The van der Waals surface area contributed by atoms with Crippen molar-refractivity contribution < 1.29 is 13.9 Å². The van der Waals surface area contributed by atoms with Gasteiger partial charge in [0.15, 0.2) is 0 Å². The number of alkyl halides is 1. The molecular formula is C14H13BrFNO3. The number of ether oxygens (including phenoxy) is 1. The van der Waals surface area contributed by atoms with Gasteiger partial charge in [-0.15, -0.1) is 0 Å². The second kappa shape index (κ2) is 6.17. The second-order valence-electron chi connectivity index (χ2n) is 4.18. The van der Waals surface area contributed by atoms with Crippen LogP contribution >= 0.6 is 15.9 Å². The van der Waals surface area contributed by atoms with Crippen molar-refractivity contribution in [3.05, 3.63) is 45.5 Å². The number of pyridine rings is 1. The molecule has 0 atom stereocenters. The van der Waals surface area contributed by atoms with E-state index in [1.54, 1.807) is 13.0 Å². The van der Waals surface area contributed by atoms with Gasteiger partial charge in [0.05, 0.1) is 6.61 Å². The number of halogens is 2. The van der Waals surface area contributed by atoms with E-state index >= 15 is 0 Å². The number of carbonyl (C=O) groups excluding carboxylic acids is 1. The first-order chi connectivity index (χ1) is 9.58. The van der Waals surface area contributed by atoms with Gasteiger partial charge >= 0.3 is 5.97 Å². The van der Waals surface area contributed by atoms with Crippen molar-refractivity contribution in [1.29, 1.82) is 0 Å². The van der Waals surface area contributed by atoms with Crippen LogP contribution in [0.4, 0.5) is 4.39 Å². The predicted molar refractivity (Wildman–Crippen MR) is 78.0 cm³/mol. The number of aromatic amines is 1. The average molecular weight is 342 g/mol. The highest BCUT2D eigenvalue weighted by Crippen LogP contribution is 2.17. The van der Waals surface area contributed by atoms with Gasteiger partial charge in [-0.3, -0.25) is 4.79 Å². The van der Waals surface area contributed by atoms with E-state index in [1.165, 1.54) is 6.20 Å². The summed E-state index contributed by atoms with van der Waals surface area (Å²) in [5.74, 6) is -1.16. The number of aromatic nitrogens is 1. The van der Waals surface area contributed by atoms with Crippen LogP contribution in [-0.4, -0.2) is 22.9 Å². The molecule has 4 nitrogen and oxygen atoms in total. The maximum atomic E-state index is 13.9. The first kappa shape index (κ1) is 14.7. The molecule has 2 aromatic rings. The van der Waals surface area contributed by atoms with Crippen LogP contribution in [0.5, 0.6) is 0 Å². The highest BCUT2D eigenvalue weighted by molar-refractivity contribution is 9.09. The smallest absolute Gasteiger partial charge is 0.343 e. The Morgan fingerprint density at radius 1 is 1.45 bits per heavy atom. The number of carbonyl (C=O) groups is 1. The molecule has 2 rings (SSSR count). The van der Waals surface area contributed by atoms with E-state index in [4.69, 9.17) is 4.74 Å². The van der Waals surface area contributed by atoms with Crippen molar-refractivity contribution in [2.45, 2.75) is 13.3 Å². The summed E-state index contributed by atoms with van der Waals surface area (Å²) in [6, 6.07) is 2.75. The van der Waals surface area contributed by atoms with E-state index in [9.17, 15) is 14.0 Å². The first-order valence-corrected chi connectivity index (χ1v) is 7.27. The molecule has 20 heavy (non-hydrogen) atoms. The first-order valence-electron chi connectivity index (χ1n) is 6.15. The standard InChI is InChI=1S/C14H13BrFNO3/c1-2-20-14(19)10-7-17-12-5-8(3-4-15)11(16)6-9(12)13(10)18/h5-7H,2-4H2,1H3,(H,17,18). The van der Waals surface area contributed by atoms with Gasteiger partial charge < -0.3 is 9.72 Å². The quantitative estimate of drug-likeness (QED) is 0.687. The van der Waals surface area contributed by atoms with Gasteiger partial charge in [0.25, 0.3) is 0 Å². The molecule has 0 aliphatic carbocycles. The highest BCUT2D eigenvalue weighted by atomic mass is 79.9. The van der Waals surface area contributed by atoms with Gasteiger partial charge in [-0.1, -0.05) is 15.9 Å². The zero-order valence-corrected chi connectivity index (χ0v) is 12.4. The summed E-state index contributed by atoms with van der Waals surface area (Å²) in [7, 11) is 0. The zero-order chi connectivity index (χ0) is 14.7. The van der Waals surface area contributed by atoms with Crippen LogP contribution in [0.1, 0.15) is 22.8 Å². The Balaban J connectivity index is 2.59. The van der Waals surface area contributed by atoms with E-state index < -0.39 is 17.2 Å². The number of rotatable bonds is 4. The molecule has 1 aromatic carbocycles. The molecule has 1 N–H and O–H groups in total. The maximum Gasteiger partial charge on any atom is 0.343 e. The minimum absolute atomic E-state index is 0.119. The van der Waals surface area contributed by atoms with Crippen molar-refractivity contribution in [2.24, 2.45) is 0 Å². The van der Waals surface area contributed by atoms with E-state index in [0.717, 1.165) is 6.07 Å². The van der Waals surface area contributed by atoms with E-state index in [0.29, 0.717) is 22.8 Å². The van der Waals surface area contributed by atoms with E-state index in [2.05, 4.69) is 20.9 Å². The number of nitrogens with one attached hydrogen (secondary N) is 1. The van der Waals surface area contributed by atoms with Gasteiger partial charge in [0.1, 0.15) is 11.4 Å². The summed E-state index contributed by atoms with van der Waals surface area (Å²) in [6.07, 6.45) is 1.82. The molecule has 0 saturated heterocycles. The molecule has 0 spiro atoms. The number of benzene rings is 1. The Morgan fingerprint density at radius 3 is 2.85 bits per heavy atom. The van der Waals surface area contributed by atoms with Gasteiger partial charge in [0.2, 0.25) is 5.43 Å². The number of aryl methyl sites for hydroxylation is 1.